The molecule has 1 aromatic heterocycles. The highest BCUT2D eigenvalue weighted by atomic mass is 79.9. The number of hydrogen-bond donors (Lipinski definition) is 2. The van der Waals surface area contributed by atoms with Crippen molar-refractivity contribution in [3.05, 3.63) is 37.7 Å². The van der Waals surface area contributed by atoms with Crippen molar-refractivity contribution in [1.29, 1.82) is 0 Å². The van der Waals surface area contributed by atoms with Gasteiger partial charge in [-0.3, -0.25) is 0 Å². The minimum absolute atomic E-state index is 0.0670. The van der Waals surface area contributed by atoms with Crippen molar-refractivity contribution in [2.75, 3.05) is 5.32 Å². The van der Waals surface area contributed by atoms with E-state index in [1.807, 2.05) is 0 Å². The van der Waals surface area contributed by atoms with E-state index in [0.717, 1.165) is 4.88 Å². The lowest BCUT2D eigenvalue weighted by Gasteiger charge is -2.09. The normalized spacial score (nSPS) is 10.7. The Morgan fingerprint density at radius 1 is 1.44 bits per heavy atom. The van der Waals surface area contributed by atoms with E-state index in [2.05, 4.69) is 26.2 Å². The van der Waals surface area contributed by atoms with Crippen molar-refractivity contribution in [3.8, 4) is 5.75 Å². The van der Waals surface area contributed by atoms with Crippen molar-refractivity contribution in [2.45, 2.75) is 6.54 Å². The maximum absolute atomic E-state index is 13.3. The summed E-state index contributed by atoms with van der Waals surface area (Å²) < 4.78 is 26.7. The molecule has 0 spiro atoms. The highest BCUT2D eigenvalue weighted by molar-refractivity contribution is 9.10. The zero-order valence-electron chi connectivity index (χ0n) is 8.68. The average molecular weight is 356 g/mol. The van der Waals surface area contributed by atoms with E-state index in [1.54, 1.807) is 6.20 Å². The Kier molecular flexibility index (Phi) is 4.04. The molecule has 0 fully saturated rings. The summed E-state index contributed by atoms with van der Waals surface area (Å²) in [5.41, 5.74) is 0.0882. The molecule has 0 radical (unpaired) electrons. The third-order valence-electron chi connectivity index (χ3n) is 2.11. The Labute approximate surface area is 119 Å². The number of halogens is 4. The van der Waals surface area contributed by atoms with Gasteiger partial charge in [-0.1, -0.05) is 11.6 Å². The first kappa shape index (κ1) is 13.5. The lowest BCUT2D eigenvalue weighted by molar-refractivity contribution is 0.407. The summed E-state index contributed by atoms with van der Waals surface area (Å²) in [7, 11) is 0. The van der Waals surface area contributed by atoms with E-state index in [4.69, 9.17) is 11.6 Å². The summed E-state index contributed by atoms with van der Waals surface area (Å²) in [5, 5.41) is 12.2. The Morgan fingerprint density at radius 2 is 2.17 bits per heavy atom. The van der Waals surface area contributed by atoms with Crippen LogP contribution in [0.5, 0.6) is 5.75 Å². The first-order chi connectivity index (χ1) is 8.49. The van der Waals surface area contributed by atoms with Crippen LogP contribution < -0.4 is 5.32 Å². The molecule has 0 unspecified atom stereocenters. The van der Waals surface area contributed by atoms with Crippen molar-refractivity contribution < 1.29 is 13.9 Å². The number of aromatic hydroxyl groups is 1. The lowest BCUT2D eigenvalue weighted by atomic mass is 10.2. The van der Waals surface area contributed by atoms with Crippen molar-refractivity contribution in [3.63, 3.8) is 0 Å². The molecule has 0 bridgehead atoms. The number of phenolic OH excluding ortho intramolecular Hbond substituents is 1. The van der Waals surface area contributed by atoms with E-state index in [0.29, 0.717) is 11.0 Å². The van der Waals surface area contributed by atoms with Crippen LogP contribution in [-0.2, 0) is 6.54 Å². The fourth-order valence-electron chi connectivity index (χ4n) is 1.27. The minimum atomic E-state index is -1.30. The zero-order valence-corrected chi connectivity index (χ0v) is 11.8. The van der Waals surface area contributed by atoms with Gasteiger partial charge in [0.05, 0.1) is 16.7 Å². The van der Waals surface area contributed by atoms with Crippen LogP contribution in [0.1, 0.15) is 4.88 Å². The molecule has 2 N–H and O–H groups in total. The third-order valence-corrected chi connectivity index (χ3v) is 3.81. The molecular formula is C10H6BrClF2N2OS. The van der Waals surface area contributed by atoms with Gasteiger partial charge >= 0.3 is 0 Å². The van der Waals surface area contributed by atoms with Gasteiger partial charge < -0.3 is 10.4 Å². The van der Waals surface area contributed by atoms with Gasteiger partial charge in [-0.2, -0.15) is 4.39 Å². The van der Waals surface area contributed by atoms with Gasteiger partial charge in [-0.25, -0.2) is 9.37 Å². The largest absolute Gasteiger partial charge is 0.503 e. The third kappa shape index (κ3) is 2.73. The Bertz CT molecular complexity index is 593. The molecule has 0 amide bonds. The van der Waals surface area contributed by atoms with Crippen LogP contribution in [0.4, 0.5) is 14.5 Å². The van der Waals surface area contributed by atoms with Crippen LogP contribution in [-0.4, -0.2) is 10.1 Å². The molecule has 0 saturated heterocycles. The summed E-state index contributed by atoms with van der Waals surface area (Å²) >= 11 is 9.78. The SMILES string of the molecule is Oc1c(NCc2cnc(Cl)s2)cc(Br)c(F)c1F. The van der Waals surface area contributed by atoms with Gasteiger partial charge in [-0.15, -0.1) is 11.3 Å². The molecule has 0 aliphatic carbocycles. The van der Waals surface area contributed by atoms with Gasteiger partial charge in [0, 0.05) is 11.1 Å². The molecule has 1 aromatic carbocycles. The summed E-state index contributed by atoms with van der Waals surface area (Å²) in [6.45, 7) is 0.301. The minimum Gasteiger partial charge on any atom is -0.503 e. The highest BCUT2D eigenvalue weighted by Crippen LogP contribution is 2.34. The van der Waals surface area contributed by atoms with Crippen LogP contribution in [0, 0.1) is 11.6 Å². The van der Waals surface area contributed by atoms with Crippen LogP contribution >= 0.6 is 38.9 Å². The number of hydrogen-bond acceptors (Lipinski definition) is 4. The molecule has 96 valence electrons. The molecule has 0 atom stereocenters. The molecule has 2 rings (SSSR count). The molecule has 8 heteroatoms. The maximum atomic E-state index is 13.3. The summed E-state index contributed by atoms with van der Waals surface area (Å²) in [6, 6.07) is 1.26. The summed E-state index contributed by atoms with van der Waals surface area (Å²) in [5.74, 6) is -3.18. The first-order valence-corrected chi connectivity index (χ1v) is 6.68. The van der Waals surface area contributed by atoms with Gasteiger partial charge in [0.25, 0.3) is 0 Å². The van der Waals surface area contributed by atoms with E-state index >= 15 is 0 Å². The smallest absolute Gasteiger partial charge is 0.203 e. The number of benzene rings is 1. The number of rotatable bonds is 3. The molecule has 1 heterocycles. The Morgan fingerprint density at radius 3 is 2.78 bits per heavy atom. The van der Waals surface area contributed by atoms with Crippen LogP contribution in [0.2, 0.25) is 4.47 Å². The number of phenols is 1. The van der Waals surface area contributed by atoms with Crippen LogP contribution in [0.25, 0.3) is 0 Å². The van der Waals surface area contributed by atoms with Crippen LogP contribution in [0.15, 0.2) is 16.7 Å². The lowest BCUT2D eigenvalue weighted by Crippen LogP contribution is -2.00. The molecule has 0 aliphatic heterocycles. The number of nitrogens with one attached hydrogen (secondary N) is 1. The second-order valence-electron chi connectivity index (χ2n) is 3.32. The van der Waals surface area contributed by atoms with Gasteiger partial charge in [0.15, 0.2) is 16.0 Å². The maximum Gasteiger partial charge on any atom is 0.203 e. The second kappa shape index (κ2) is 5.38. The topological polar surface area (TPSA) is 45.1 Å². The van der Waals surface area contributed by atoms with Gasteiger partial charge in [0.1, 0.15) is 0 Å². The monoisotopic (exact) mass is 354 g/mol. The summed E-state index contributed by atoms with van der Waals surface area (Å²) in [6.07, 6.45) is 1.56. The van der Waals surface area contributed by atoms with Gasteiger partial charge in [0.2, 0.25) is 5.82 Å². The molecule has 2 aromatic rings. The molecule has 3 nitrogen and oxygen atoms in total. The molecule has 18 heavy (non-hydrogen) atoms. The van der Waals surface area contributed by atoms with E-state index < -0.39 is 17.4 Å². The van der Waals surface area contributed by atoms with E-state index in [1.165, 1.54) is 17.4 Å². The fraction of sp³-hybridized carbons (Fsp3) is 0.100. The average Bonchev–Trinajstić information content (AvgIpc) is 2.75. The zero-order chi connectivity index (χ0) is 13.3. The second-order valence-corrected chi connectivity index (χ2v) is 5.87. The molecular weight excluding hydrogens is 350 g/mol. The number of nitrogens with zero attached hydrogens (tertiary/aromatic N) is 1. The van der Waals surface area contributed by atoms with Crippen molar-refractivity contribution in [2.24, 2.45) is 0 Å². The quantitative estimate of drug-likeness (QED) is 0.642. The number of anilines is 1. The highest BCUT2D eigenvalue weighted by Gasteiger charge is 2.16. The summed E-state index contributed by atoms with van der Waals surface area (Å²) in [4.78, 5) is 4.64. The van der Waals surface area contributed by atoms with E-state index in [-0.39, 0.29) is 10.2 Å². The van der Waals surface area contributed by atoms with E-state index in [9.17, 15) is 13.9 Å². The molecule has 0 saturated carbocycles. The first-order valence-electron chi connectivity index (χ1n) is 4.69. The number of thiazole rings is 1. The molecule has 0 aliphatic rings. The van der Waals surface area contributed by atoms with Crippen LogP contribution in [0.3, 0.4) is 0 Å². The van der Waals surface area contributed by atoms with Gasteiger partial charge in [-0.05, 0) is 22.0 Å². The standard InChI is InChI=1S/C10H6BrClF2N2OS/c11-5-1-6(9(17)8(14)7(5)13)15-2-4-3-16-10(12)18-4/h1,3,15,17H,2H2. The number of aromatic nitrogens is 1. The van der Waals surface area contributed by atoms with Crippen molar-refractivity contribution >= 4 is 44.6 Å². The Hall–Kier alpha value is -0.920. The predicted molar refractivity (Wildman–Crippen MR) is 70.2 cm³/mol. The predicted octanol–water partition coefficient (Wildman–Crippen LogP) is 4.15. The Balaban J connectivity index is 2.19. The fourth-order valence-corrected chi connectivity index (χ4v) is 2.59. The van der Waals surface area contributed by atoms with Crippen molar-refractivity contribution in [1.82, 2.24) is 4.98 Å².